The highest BCUT2D eigenvalue weighted by Crippen LogP contribution is 2.19. The van der Waals surface area contributed by atoms with Crippen molar-refractivity contribution >= 4 is 12.6 Å². The van der Waals surface area contributed by atoms with Gasteiger partial charge in [0, 0.05) is 13.1 Å². The van der Waals surface area contributed by atoms with Crippen molar-refractivity contribution in [3.63, 3.8) is 0 Å². The molecule has 1 aliphatic heterocycles. The Bertz CT molecular complexity index is 340. The van der Waals surface area contributed by atoms with Crippen LogP contribution < -0.4 is 0 Å². The minimum absolute atomic E-state index is 0.113. The molecular formula is C12H16FNS. The number of hydrogen-bond donors (Lipinski definition) is 1. The van der Waals surface area contributed by atoms with Gasteiger partial charge >= 0.3 is 0 Å². The lowest BCUT2D eigenvalue weighted by atomic mass is 9.99. The molecule has 0 unspecified atom stereocenters. The number of thiol groups is 1. The van der Waals surface area contributed by atoms with Gasteiger partial charge in [-0.1, -0.05) is 6.07 Å². The lowest BCUT2D eigenvalue weighted by Crippen LogP contribution is -2.31. The molecule has 1 heterocycles. The molecule has 0 fully saturated rings. The Labute approximate surface area is 95.7 Å². The fraction of sp³-hybridized carbons (Fsp3) is 0.500. The third-order valence-electron chi connectivity index (χ3n) is 2.89. The zero-order chi connectivity index (χ0) is 10.7. The van der Waals surface area contributed by atoms with Crippen LogP contribution in [0.2, 0.25) is 0 Å². The number of rotatable bonds is 3. The normalized spacial score (nSPS) is 16.4. The highest BCUT2D eigenvalue weighted by molar-refractivity contribution is 7.80. The minimum Gasteiger partial charge on any atom is -0.299 e. The van der Waals surface area contributed by atoms with Crippen molar-refractivity contribution in [2.75, 3.05) is 18.8 Å². The summed E-state index contributed by atoms with van der Waals surface area (Å²) in [7, 11) is 0. The van der Waals surface area contributed by atoms with Crippen molar-refractivity contribution in [1.29, 1.82) is 0 Å². The summed E-state index contributed by atoms with van der Waals surface area (Å²) in [4.78, 5) is 2.41. The summed E-state index contributed by atoms with van der Waals surface area (Å²) < 4.78 is 13.0. The standard InChI is InChI=1S/C12H16FNS/c13-12-3-2-11-9-14(5-1-7-15)6-4-10(11)8-12/h2-3,8,15H,1,4-7,9H2. The van der Waals surface area contributed by atoms with E-state index in [-0.39, 0.29) is 5.82 Å². The Balaban J connectivity index is 2.03. The van der Waals surface area contributed by atoms with E-state index < -0.39 is 0 Å². The molecule has 0 spiro atoms. The van der Waals surface area contributed by atoms with Crippen LogP contribution >= 0.6 is 12.6 Å². The summed E-state index contributed by atoms with van der Waals surface area (Å²) >= 11 is 4.21. The van der Waals surface area contributed by atoms with Crippen LogP contribution in [-0.4, -0.2) is 23.7 Å². The smallest absolute Gasteiger partial charge is 0.123 e. The van der Waals surface area contributed by atoms with Crippen molar-refractivity contribution in [2.24, 2.45) is 0 Å². The largest absolute Gasteiger partial charge is 0.299 e. The Kier molecular flexibility index (Phi) is 3.65. The van der Waals surface area contributed by atoms with E-state index >= 15 is 0 Å². The molecule has 0 saturated heterocycles. The Morgan fingerprint density at radius 1 is 1.33 bits per heavy atom. The summed E-state index contributed by atoms with van der Waals surface area (Å²) in [6.45, 7) is 3.11. The van der Waals surface area contributed by atoms with Gasteiger partial charge in [-0.15, -0.1) is 0 Å². The van der Waals surface area contributed by atoms with E-state index in [1.165, 1.54) is 11.1 Å². The molecule has 82 valence electrons. The van der Waals surface area contributed by atoms with Crippen LogP contribution in [0.1, 0.15) is 17.5 Å². The van der Waals surface area contributed by atoms with Gasteiger partial charge in [0.2, 0.25) is 0 Å². The van der Waals surface area contributed by atoms with E-state index in [0.717, 1.165) is 38.2 Å². The van der Waals surface area contributed by atoms with E-state index in [1.807, 2.05) is 6.07 Å². The Hall–Kier alpha value is -0.540. The van der Waals surface area contributed by atoms with Gasteiger partial charge in [-0.25, -0.2) is 4.39 Å². The Morgan fingerprint density at radius 3 is 3.00 bits per heavy atom. The van der Waals surface area contributed by atoms with E-state index in [0.29, 0.717) is 0 Å². The number of nitrogens with zero attached hydrogens (tertiary/aromatic N) is 1. The second kappa shape index (κ2) is 4.99. The second-order valence-corrected chi connectivity index (χ2v) is 4.46. The fourth-order valence-corrected chi connectivity index (χ4v) is 2.21. The highest BCUT2D eigenvalue weighted by Gasteiger charge is 2.15. The first-order valence-electron chi connectivity index (χ1n) is 5.40. The van der Waals surface area contributed by atoms with Gasteiger partial charge in [0.1, 0.15) is 5.82 Å². The maximum absolute atomic E-state index is 13.0. The van der Waals surface area contributed by atoms with Gasteiger partial charge in [-0.3, -0.25) is 4.90 Å². The lowest BCUT2D eigenvalue weighted by molar-refractivity contribution is 0.255. The van der Waals surface area contributed by atoms with Crippen LogP contribution in [0.5, 0.6) is 0 Å². The maximum Gasteiger partial charge on any atom is 0.123 e. The average molecular weight is 225 g/mol. The molecule has 1 aliphatic rings. The number of halogens is 1. The average Bonchev–Trinajstić information content (AvgIpc) is 2.26. The van der Waals surface area contributed by atoms with Crippen molar-refractivity contribution in [3.05, 3.63) is 35.1 Å². The van der Waals surface area contributed by atoms with E-state index in [9.17, 15) is 4.39 Å². The fourth-order valence-electron chi connectivity index (χ4n) is 2.07. The summed E-state index contributed by atoms with van der Waals surface area (Å²) in [6.07, 6.45) is 2.10. The van der Waals surface area contributed by atoms with Crippen molar-refractivity contribution in [2.45, 2.75) is 19.4 Å². The molecule has 15 heavy (non-hydrogen) atoms. The zero-order valence-electron chi connectivity index (χ0n) is 8.75. The molecule has 0 radical (unpaired) electrons. The molecule has 0 saturated carbocycles. The summed E-state index contributed by atoms with van der Waals surface area (Å²) in [6, 6.07) is 5.14. The van der Waals surface area contributed by atoms with Crippen molar-refractivity contribution < 1.29 is 4.39 Å². The SMILES string of the molecule is Fc1ccc2c(c1)CCN(CCCS)C2. The predicted octanol–water partition coefficient (Wildman–Crippen LogP) is 2.50. The summed E-state index contributed by atoms with van der Waals surface area (Å²) in [5.74, 6) is 0.824. The first-order chi connectivity index (χ1) is 7.29. The van der Waals surface area contributed by atoms with Gasteiger partial charge in [-0.2, -0.15) is 12.6 Å². The second-order valence-electron chi connectivity index (χ2n) is 4.02. The molecule has 1 nitrogen and oxygen atoms in total. The van der Waals surface area contributed by atoms with E-state index in [1.54, 1.807) is 12.1 Å². The lowest BCUT2D eigenvalue weighted by Gasteiger charge is -2.28. The molecular weight excluding hydrogens is 209 g/mol. The van der Waals surface area contributed by atoms with Crippen LogP contribution in [0.15, 0.2) is 18.2 Å². The quantitative estimate of drug-likeness (QED) is 0.774. The summed E-state index contributed by atoms with van der Waals surface area (Å²) in [5.41, 5.74) is 2.46. The van der Waals surface area contributed by atoms with Gasteiger partial charge in [0.25, 0.3) is 0 Å². The molecule has 1 aromatic rings. The molecule has 0 amide bonds. The van der Waals surface area contributed by atoms with Gasteiger partial charge in [-0.05, 0) is 48.4 Å². The van der Waals surface area contributed by atoms with Crippen LogP contribution in [0.4, 0.5) is 4.39 Å². The third-order valence-corrected chi connectivity index (χ3v) is 3.21. The van der Waals surface area contributed by atoms with Gasteiger partial charge in [0.15, 0.2) is 0 Å². The van der Waals surface area contributed by atoms with Crippen LogP contribution in [0.3, 0.4) is 0 Å². The van der Waals surface area contributed by atoms with Gasteiger partial charge < -0.3 is 0 Å². The number of hydrogen-bond acceptors (Lipinski definition) is 2. The maximum atomic E-state index is 13.0. The third kappa shape index (κ3) is 2.73. The monoisotopic (exact) mass is 225 g/mol. The molecule has 1 aromatic carbocycles. The molecule has 0 aliphatic carbocycles. The van der Waals surface area contributed by atoms with Crippen LogP contribution in [0.25, 0.3) is 0 Å². The molecule has 0 bridgehead atoms. The van der Waals surface area contributed by atoms with Crippen molar-refractivity contribution in [3.8, 4) is 0 Å². The highest BCUT2D eigenvalue weighted by atomic mass is 32.1. The molecule has 0 aromatic heterocycles. The zero-order valence-corrected chi connectivity index (χ0v) is 9.64. The first-order valence-corrected chi connectivity index (χ1v) is 6.03. The van der Waals surface area contributed by atoms with E-state index in [2.05, 4.69) is 17.5 Å². The number of fused-ring (bicyclic) bond motifs is 1. The van der Waals surface area contributed by atoms with Crippen LogP contribution in [-0.2, 0) is 13.0 Å². The Morgan fingerprint density at radius 2 is 2.20 bits per heavy atom. The predicted molar refractivity (Wildman–Crippen MR) is 63.9 cm³/mol. The first kappa shape index (κ1) is 11.0. The van der Waals surface area contributed by atoms with Crippen molar-refractivity contribution in [1.82, 2.24) is 4.90 Å². The molecule has 3 heteroatoms. The minimum atomic E-state index is -0.113. The van der Waals surface area contributed by atoms with Crippen LogP contribution in [0, 0.1) is 5.82 Å². The molecule has 0 atom stereocenters. The van der Waals surface area contributed by atoms with Gasteiger partial charge in [0.05, 0.1) is 0 Å². The number of benzene rings is 1. The topological polar surface area (TPSA) is 3.24 Å². The summed E-state index contributed by atoms with van der Waals surface area (Å²) in [5, 5.41) is 0. The molecule has 0 N–H and O–H groups in total. The molecule has 2 rings (SSSR count). The van der Waals surface area contributed by atoms with E-state index in [4.69, 9.17) is 0 Å².